The van der Waals surface area contributed by atoms with Crippen LogP contribution in [0.1, 0.15) is 49.3 Å². The molecular formula is C28H27N3O5. The van der Waals surface area contributed by atoms with E-state index in [0.717, 1.165) is 43.2 Å². The molecule has 8 heteroatoms. The van der Waals surface area contributed by atoms with Gasteiger partial charge >= 0.3 is 0 Å². The maximum absolute atomic E-state index is 13.9. The molecule has 5 aliphatic rings. The lowest BCUT2D eigenvalue weighted by atomic mass is 9.84. The molecule has 2 saturated heterocycles. The first-order chi connectivity index (χ1) is 17.6. The number of nitrogens with zero attached hydrogens (tertiary/aromatic N) is 2. The van der Waals surface area contributed by atoms with Gasteiger partial charge in [-0.1, -0.05) is 43.5 Å². The zero-order valence-electron chi connectivity index (χ0n) is 19.8. The summed E-state index contributed by atoms with van der Waals surface area (Å²) < 4.78 is 10.8. The lowest BCUT2D eigenvalue weighted by molar-refractivity contribution is -0.146. The molecule has 0 bridgehead atoms. The molecule has 4 aliphatic heterocycles. The van der Waals surface area contributed by atoms with E-state index in [1.165, 1.54) is 4.90 Å². The molecule has 0 spiro atoms. The van der Waals surface area contributed by atoms with Gasteiger partial charge < -0.3 is 19.7 Å². The van der Waals surface area contributed by atoms with Crippen molar-refractivity contribution in [3.05, 3.63) is 59.8 Å². The predicted octanol–water partition coefficient (Wildman–Crippen LogP) is 3.70. The Morgan fingerprint density at radius 2 is 1.69 bits per heavy atom. The van der Waals surface area contributed by atoms with Gasteiger partial charge in [0.1, 0.15) is 6.04 Å². The Labute approximate surface area is 208 Å². The summed E-state index contributed by atoms with van der Waals surface area (Å²) in [6.45, 7) is 0.145. The largest absolute Gasteiger partial charge is 0.454 e. The Morgan fingerprint density at radius 1 is 0.917 bits per heavy atom. The molecule has 0 unspecified atom stereocenters. The maximum atomic E-state index is 13.9. The van der Waals surface area contributed by atoms with Crippen LogP contribution in [0.5, 0.6) is 11.5 Å². The number of rotatable bonds is 3. The molecule has 4 atom stereocenters. The van der Waals surface area contributed by atoms with Crippen molar-refractivity contribution in [2.75, 3.05) is 12.1 Å². The molecule has 7 rings (SSSR count). The van der Waals surface area contributed by atoms with Crippen molar-refractivity contribution >= 4 is 29.5 Å². The number of imide groups is 1. The number of carbonyl (C=O) groups excluding carboxylic acids is 3. The highest BCUT2D eigenvalue weighted by Crippen LogP contribution is 2.53. The summed E-state index contributed by atoms with van der Waals surface area (Å²) in [5.74, 6) is -0.755. The summed E-state index contributed by atoms with van der Waals surface area (Å²) in [6.07, 6.45) is 8.70. The number of fused-ring (bicyclic) bond motifs is 6. The molecule has 4 heterocycles. The van der Waals surface area contributed by atoms with Gasteiger partial charge in [-0.25, -0.2) is 0 Å². The third kappa shape index (κ3) is 3.09. The monoisotopic (exact) mass is 485 g/mol. The van der Waals surface area contributed by atoms with Crippen LogP contribution >= 0.6 is 0 Å². The summed E-state index contributed by atoms with van der Waals surface area (Å²) in [5, 5.41) is 2.98. The third-order valence-electron chi connectivity index (χ3n) is 8.34. The van der Waals surface area contributed by atoms with Crippen LogP contribution in [-0.4, -0.2) is 46.4 Å². The summed E-state index contributed by atoms with van der Waals surface area (Å²) in [4.78, 5) is 45.1. The SMILES string of the molecule is O=C(Nc1ccc2c(c1)OCO2)[C@@H]1[C@@H]2C(=O)N(C3CCCCC3)C(=O)[C@@H]2[C@@H]2c3ccccc3C=CN12. The number of hydrogen-bond acceptors (Lipinski definition) is 6. The first kappa shape index (κ1) is 21.5. The van der Waals surface area contributed by atoms with Gasteiger partial charge in [0.15, 0.2) is 11.5 Å². The number of nitrogens with one attached hydrogen (secondary N) is 1. The van der Waals surface area contributed by atoms with E-state index in [1.807, 2.05) is 41.4 Å². The molecule has 2 aromatic carbocycles. The molecular weight excluding hydrogens is 458 g/mol. The fourth-order valence-electron chi connectivity index (χ4n) is 6.77. The number of amides is 3. The molecule has 0 radical (unpaired) electrons. The third-order valence-corrected chi connectivity index (χ3v) is 8.34. The van der Waals surface area contributed by atoms with E-state index in [4.69, 9.17) is 9.47 Å². The lowest BCUT2D eigenvalue weighted by Gasteiger charge is -2.37. The Balaban J connectivity index is 1.27. The molecule has 1 saturated carbocycles. The first-order valence-electron chi connectivity index (χ1n) is 12.7. The summed E-state index contributed by atoms with van der Waals surface area (Å²) >= 11 is 0. The summed E-state index contributed by atoms with van der Waals surface area (Å²) in [7, 11) is 0. The zero-order valence-corrected chi connectivity index (χ0v) is 19.8. The number of anilines is 1. The molecule has 8 nitrogen and oxygen atoms in total. The van der Waals surface area contributed by atoms with Gasteiger partial charge in [0, 0.05) is 24.0 Å². The minimum atomic E-state index is -0.792. The van der Waals surface area contributed by atoms with Crippen molar-refractivity contribution in [2.24, 2.45) is 11.8 Å². The number of benzene rings is 2. The van der Waals surface area contributed by atoms with Gasteiger partial charge in [-0.15, -0.1) is 0 Å². The highest BCUT2D eigenvalue weighted by Gasteiger charge is 2.65. The van der Waals surface area contributed by atoms with E-state index in [9.17, 15) is 14.4 Å². The second kappa shape index (κ2) is 8.11. The van der Waals surface area contributed by atoms with E-state index in [0.29, 0.717) is 17.2 Å². The van der Waals surface area contributed by atoms with Crippen LogP contribution in [0, 0.1) is 11.8 Å². The zero-order chi connectivity index (χ0) is 24.4. The average Bonchev–Trinajstić information content (AvgIpc) is 3.57. The Bertz CT molecular complexity index is 1300. The summed E-state index contributed by atoms with van der Waals surface area (Å²) in [5.41, 5.74) is 2.57. The van der Waals surface area contributed by atoms with E-state index < -0.39 is 17.9 Å². The van der Waals surface area contributed by atoms with Crippen LogP contribution in [0.15, 0.2) is 48.7 Å². The van der Waals surface area contributed by atoms with E-state index in [-0.39, 0.29) is 36.6 Å². The molecule has 3 amide bonds. The van der Waals surface area contributed by atoms with E-state index in [2.05, 4.69) is 5.32 Å². The predicted molar refractivity (Wildman–Crippen MR) is 131 cm³/mol. The van der Waals surface area contributed by atoms with Gasteiger partial charge in [-0.3, -0.25) is 19.3 Å². The lowest BCUT2D eigenvalue weighted by Crippen LogP contribution is -2.49. The molecule has 184 valence electrons. The van der Waals surface area contributed by atoms with Crippen molar-refractivity contribution in [3.8, 4) is 11.5 Å². The van der Waals surface area contributed by atoms with Crippen molar-refractivity contribution in [3.63, 3.8) is 0 Å². The smallest absolute Gasteiger partial charge is 0.247 e. The topological polar surface area (TPSA) is 88.2 Å². The molecule has 1 aliphatic carbocycles. The van der Waals surface area contributed by atoms with Gasteiger partial charge in [0.05, 0.1) is 17.9 Å². The van der Waals surface area contributed by atoms with Gasteiger partial charge in [-0.2, -0.15) is 0 Å². The number of carbonyl (C=O) groups is 3. The molecule has 2 aromatic rings. The Morgan fingerprint density at radius 3 is 2.56 bits per heavy atom. The van der Waals surface area contributed by atoms with Gasteiger partial charge in [0.25, 0.3) is 0 Å². The second-order valence-corrected chi connectivity index (χ2v) is 10.2. The van der Waals surface area contributed by atoms with Crippen LogP contribution in [0.3, 0.4) is 0 Å². The highest BCUT2D eigenvalue weighted by molar-refractivity contribution is 6.11. The molecule has 0 aromatic heterocycles. The number of ether oxygens (including phenoxy) is 2. The quantitative estimate of drug-likeness (QED) is 0.667. The molecule has 1 N–H and O–H groups in total. The van der Waals surface area contributed by atoms with Gasteiger partial charge in [0.2, 0.25) is 24.5 Å². The van der Waals surface area contributed by atoms with E-state index >= 15 is 0 Å². The van der Waals surface area contributed by atoms with Gasteiger partial charge in [-0.05, 0) is 42.2 Å². The fourth-order valence-corrected chi connectivity index (χ4v) is 6.77. The van der Waals surface area contributed by atoms with E-state index in [1.54, 1.807) is 18.2 Å². The van der Waals surface area contributed by atoms with Crippen molar-refractivity contribution in [1.82, 2.24) is 9.80 Å². The maximum Gasteiger partial charge on any atom is 0.247 e. The highest BCUT2D eigenvalue weighted by atomic mass is 16.7. The van der Waals surface area contributed by atoms with Crippen LogP contribution < -0.4 is 14.8 Å². The molecule has 36 heavy (non-hydrogen) atoms. The average molecular weight is 486 g/mol. The Kier molecular flexibility index (Phi) is 4.84. The van der Waals surface area contributed by atoms with Crippen LogP contribution in [0.25, 0.3) is 6.08 Å². The first-order valence-corrected chi connectivity index (χ1v) is 12.7. The van der Waals surface area contributed by atoms with Crippen LogP contribution in [0.2, 0.25) is 0 Å². The van der Waals surface area contributed by atoms with Crippen LogP contribution in [-0.2, 0) is 14.4 Å². The Hall–Kier alpha value is -3.81. The normalized spacial score (nSPS) is 28.2. The van der Waals surface area contributed by atoms with Crippen LogP contribution in [0.4, 0.5) is 5.69 Å². The van der Waals surface area contributed by atoms with Crippen molar-refractivity contribution in [2.45, 2.75) is 50.2 Å². The van der Waals surface area contributed by atoms with Crippen molar-refractivity contribution < 1.29 is 23.9 Å². The minimum absolute atomic E-state index is 0.0650. The number of likely N-dealkylation sites (tertiary alicyclic amines) is 1. The standard InChI is InChI=1S/C28H27N3O5/c32-26(29-17-10-11-20-21(14-17)36-15-35-20)25-23-22(24-19-9-5-4-6-16(19)12-13-30(24)25)27(33)31(28(23)34)18-7-2-1-3-8-18/h4-6,9-14,18,22-25H,1-3,7-8,15H2,(H,29,32)/t22-,23+,24-,25-/m0/s1. The van der Waals surface area contributed by atoms with Crippen molar-refractivity contribution in [1.29, 1.82) is 0 Å². The minimum Gasteiger partial charge on any atom is -0.454 e. The summed E-state index contributed by atoms with van der Waals surface area (Å²) in [6, 6.07) is 12.0. The fraction of sp³-hybridized carbons (Fsp3) is 0.393. The number of hydrogen-bond donors (Lipinski definition) is 1. The second-order valence-electron chi connectivity index (χ2n) is 10.2. The molecule has 3 fully saturated rings.